The van der Waals surface area contributed by atoms with Crippen molar-refractivity contribution in [1.82, 2.24) is 15.5 Å². The summed E-state index contributed by atoms with van der Waals surface area (Å²) in [7, 11) is 1.67. The SMILES string of the molecule is CNC(=O)CNC1CCN(Cc2ccccc2)C1. The Morgan fingerprint density at radius 2 is 2.17 bits per heavy atom. The van der Waals surface area contributed by atoms with E-state index in [2.05, 4.69) is 39.8 Å². The van der Waals surface area contributed by atoms with Crippen LogP contribution in [0, 0.1) is 0 Å². The number of benzene rings is 1. The summed E-state index contributed by atoms with van der Waals surface area (Å²) in [6, 6.07) is 10.9. The van der Waals surface area contributed by atoms with Crippen LogP contribution < -0.4 is 10.6 Å². The first-order chi connectivity index (χ1) is 8.78. The predicted octanol–water partition coefficient (Wildman–Crippen LogP) is 0.597. The summed E-state index contributed by atoms with van der Waals surface area (Å²) >= 11 is 0. The van der Waals surface area contributed by atoms with E-state index in [1.807, 2.05) is 6.07 Å². The van der Waals surface area contributed by atoms with Crippen LogP contribution in [0.5, 0.6) is 0 Å². The second-order valence-electron chi connectivity index (χ2n) is 4.76. The fourth-order valence-corrected chi connectivity index (χ4v) is 2.31. The van der Waals surface area contributed by atoms with Crippen molar-refractivity contribution < 1.29 is 4.79 Å². The van der Waals surface area contributed by atoms with E-state index in [1.54, 1.807) is 7.05 Å². The van der Waals surface area contributed by atoms with Gasteiger partial charge in [-0.1, -0.05) is 30.3 Å². The quantitative estimate of drug-likeness (QED) is 0.801. The lowest BCUT2D eigenvalue weighted by Crippen LogP contribution is -2.39. The van der Waals surface area contributed by atoms with Gasteiger partial charge in [0.2, 0.25) is 5.91 Å². The Morgan fingerprint density at radius 3 is 2.89 bits per heavy atom. The summed E-state index contributed by atoms with van der Waals surface area (Å²) in [4.78, 5) is 13.6. The van der Waals surface area contributed by atoms with Gasteiger partial charge in [-0.15, -0.1) is 0 Å². The van der Waals surface area contributed by atoms with E-state index in [0.717, 1.165) is 26.1 Å². The molecule has 0 spiro atoms. The molecule has 0 bridgehead atoms. The average molecular weight is 247 g/mol. The van der Waals surface area contributed by atoms with Crippen molar-refractivity contribution in [1.29, 1.82) is 0 Å². The molecule has 1 unspecified atom stereocenters. The highest BCUT2D eigenvalue weighted by atomic mass is 16.1. The Balaban J connectivity index is 1.73. The van der Waals surface area contributed by atoms with Gasteiger partial charge in [-0.05, 0) is 12.0 Å². The van der Waals surface area contributed by atoms with E-state index < -0.39 is 0 Å². The molecule has 1 aliphatic rings. The molecular weight excluding hydrogens is 226 g/mol. The summed E-state index contributed by atoms with van der Waals surface area (Å²) < 4.78 is 0. The second-order valence-corrected chi connectivity index (χ2v) is 4.76. The Morgan fingerprint density at radius 1 is 1.39 bits per heavy atom. The van der Waals surface area contributed by atoms with Crippen LogP contribution in [-0.2, 0) is 11.3 Å². The van der Waals surface area contributed by atoms with E-state index in [4.69, 9.17) is 0 Å². The molecule has 0 saturated carbocycles. The maximum Gasteiger partial charge on any atom is 0.233 e. The molecule has 18 heavy (non-hydrogen) atoms. The smallest absolute Gasteiger partial charge is 0.233 e. The van der Waals surface area contributed by atoms with Crippen LogP contribution in [0.25, 0.3) is 0 Å². The highest BCUT2D eigenvalue weighted by Crippen LogP contribution is 2.13. The largest absolute Gasteiger partial charge is 0.358 e. The minimum absolute atomic E-state index is 0.0523. The third-order valence-corrected chi connectivity index (χ3v) is 3.35. The summed E-state index contributed by atoms with van der Waals surface area (Å²) in [6.07, 6.45) is 1.11. The maximum atomic E-state index is 11.2. The molecule has 0 radical (unpaired) electrons. The Labute approximate surface area is 108 Å². The molecule has 1 aromatic rings. The van der Waals surface area contributed by atoms with E-state index in [1.165, 1.54) is 5.56 Å². The molecule has 2 rings (SSSR count). The van der Waals surface area contributed by atoms with Gasteiger partial charge in [0.15, 0.2) is 0 Å². The molecule has 1 aromatic carbocycles. The van der Waals surface area contributed by atoms with Gasteiger partial charge < -0.3 is 10.6 Å². The minimum atomic E-state index is 0.0523. The normalized spacial score (nSPS) is 19.9. The van der Waals surface area contributed by atoms with Gasteiger partial charge in [0, 0.05) is 32.7 Å². The predicted molar refractivity (Wildman–Crippen MR) is 72.2 cm³/mol. The molecule has 1 atom stereocenters. The molecular formula is C14H21N3O. The third kappa shape index (κ3) is 3.82. The first-order valence-corrected chi connectivity index (χ1v) is 6.48. The number of carbonyl (C=O) groups is 1. The number of likely N-dealkylation sites (N-methyl/N-ethyl adjacent to an activating group) is 1. The van der Waals surface area contributed by atoms with Crippen molar-refractivity contribution in [2.45, 2.75) is 19.0 Å². The zero-order valence-corrected chi connectivity index (χ0v) is 10.9. The summed E-state index contributed by atoms with van der Waals surface area (Å²) in [5.74, 6) is 0.0523. The number of amides is 1. The lowest BCUT2D eigenvalue weighted by Gasteiger charge is -2.16. The third-order valence-electron chi connectivity index (χ3n) is 3.35. The van der Waals surface area contributed by atoms with Crippen LogP contribution in [0.3, 0.4) is 0 Å². The maximum absolute atomic E-state index is 11.2. The lowest BCUT2D eigenvalue weighted by atomic mass is 10.2. The monoisotopic (exact) mass is 247 g/mol. The van der Waals surface area contributed by atoms with Crippen molar-refractivity contribution in [3.8, 4) is 0 Å². The summed E-state index contributed by atoms with van der Waals surface area (Å²) in [5.41, 5.74) is 1.35. The molecule has 1 saturated heterocycles. The molecule has 4 nitrogen and oxygen atoms in total. The molecule has 4 heteroatoms. The fourth-order valence-electron chi connectivity index (χ4n) is 2.31. The Bertz CT molecular complexity index is 380. The van der Waals surface area contributed by atoms with Crippen LogP contribution >= 0.6 is 0 Å². The first kappa shape index (κ1) is 13.1. The van der Waals surface area contributed by atoms with Gasteiger partial charge in [-0.2, -0.15) is 0 Å². The van der Waals surface area contributed by atoms with E-state index in [0.29, 0.717) is 12.6 Å². The molecule has 0 aliphatic carbocycles. The number of nitrogens with one attached hydrogen (secondary N) is 2. The standard InChI is InChI=1S/C14H21N3O/c1-15-14(18)9-16-13-7-8-17(11-13)10-12-5-3-2-4-6-12/h2-6,13,16H,7-11H2,1H3,(H,15,18). The van der Waals surface area contributed by atoms with Crippen LogP contribution in [0.4, 0.5) is 0 Å². The van der Waals surface area contributed by atoms with E-state index in [-0.39, 0.29) is 5.91 Å². The van der Waals surface area contributed by atoms with Crippen molar-refractivity contribution in [3.05, 3.63) is 35.9 Å². The molecule has 98 valence electrons. The number of nitrogens with zero attached hydrogens (tertiary/aromatic N) is 1. The van der Waals surface area contributed by atoms with Gasteiger partial charge in [0.05, 0.1) is 6.54 Å². The first-order valence-electron chi connectivity index (χ1n) is 6.48. The fraction of sp³-hybridized carbons (Fsp3) is 0.500. The highest BCUT2D eigenvalue weighted by Gasteiger charge is 2.22. The average Bonchev–Trinajstić information content (AvgIpc) is 2.85. The van der Waals surface area contributed by atoms with E-state index >= 15 is 0 Å². The van der Waals surface area contributed by atoms with Gasteiger partial charge in [-0.25, -0.2) is 0 Å². The highest BCUT2D eigenvalue weighted by molar-refractivity contribution is 5.77. The molecule has 2 N–H and O–H groups in total. The van der Waals surface area contributed by atoms with Crippen molar-refractivity contribution >= 4 is 5.91 Å². The number of hydrogen-bond acceptors (Lipinski definition) is 3. The zero-order valence-electron chi connectivity index (χ0n) is 10.9. The molecule has 1 heterocycles. The van der Waals surface area contributed by atoms with Crippen LogP contribution in [0.1, 0.15) is 12.0 Å². The summed E-state index contributed by atoms with van der Waals surface area (Å²) in [6.45, 7) is 3.53. The molecule has 1 fully saturated rings. The Kier molecular flexibility index (Phi) is 4.73. The van der Waals surface area contributed by atoms with Crippen molar-refractivity contribution in [2.24, 2.45) is 0 Å². The van der Waals surface area contributed by atoms with Gasteiger partial charge >= 0.3 is 0 Å². The van der Waals surface area contributed by atoms with Crippen LogP contribution in [-0.4, -0.2) is 43.5 Å². The number of rotatable bonds is 5. The Hall–Kier alpha value is -1.39. The number of hydrogen-bond donors (Lipinski definition) is 2. The number of likely N-dealkylation sites (tertiary alicyclic amines) is 1. The van der Waals surface area contributed by atoms with Gasteiger partial charge in [0.25, 0.3) is 0 Å². The lowest BCUT2D eigenvalue weighted by molar-refractivity contribution is -0.119. The van der Waals surface area contributed by atoms with Crippen molar-refractivity contribution in [3.63, 3.8) is 0 Å². The van der Waals surface area contributed by atoms with Crippen molar-refractivity contribution in [2.75, 3.05) is 26.7 Å². The summed E-state index contributed by atoms with van der Waals surface area (Å²) in [5, 5.41) is 5.92. The topological polar surface area (TPSA) is 44.4 Å². The van der Waals surface area contributed by atoms with Crippen LogP contribution in [0.2, 0.25) is 0 Å². The molecule has 1 aliphatic heterocycles. The molecule has 0 aromatic heterocycles. The minimum Gasteiger partial charge on any atom is -0.358 e. The number of carbonyl (C=O) groups excluding carboxylic acids is 1. The van der Waals surface area contributed by atoms with Gasteiger partial charge in [0.1, 0.15) is 0 Å². The second kappa shape index (κ2) is 6.52. The van der Waals surface area contributed by atoms with E-state index in [9.17, 15) is 4.79 Å². The van der Waals surface area contributed by atoms with Gasteiger partial charge in [-0.3, -0.25) is 9.69 Å². The molecule has 1 amide bonds. The van der Waals surface area contributed by atoms with Crippen LogP contribution in [0.15, 0.2) is 30.3 Å². The zero-order chi connectivity index (χ0) is 12.8.